The molecule has 0 saturated carbocycles. The first-order valence-electron chi connectivity index (χ1n) is 5.30. The number of aromatic nitrogens is 3. The minimum atomic E-state index is -0.389. The lowest BCUT2D eigenvalue weighted by Gasteiger charge is -2.10. The van der Waals surface area contributed by atoms with Crippen molar-refractivity contribution in [3.63, 3.8) is 0 Å². The van der Waals surface area contributed by atoms with Crippen molar-refractivity contribution < 1.29 is 9.18 Å². The lowest BCUT2D eigenvalue weighted by Crippen LogP contribution is -2.06. The van der Waals surface area contributed by atoms with Gasteiger partial charge in [-0.25, -0.2) is 9.07 Å². The van der Waals surface area contributed by atoms with Crippen molar-refractivity contribution in [2.45, 2.75) is 19.9 Å². The minimum absolute atomic E-state index is 0.00538. The van der Waals surface area contributed by atoms with Crippen molar-refractivity contribution >= 4 is 6.29 Å². The molecule has 0 aliphatic carbocycles. The second-order valence-electron chi connectivity index (χ2n) is 3.96. The van der Waals surface area contributed by atoms with Crippen LogP contribution in [0.1, 0.15) is 30.4 Å². The molecule has 2 aromatic rings. The van der Waals surface area contributed by atoms with E-state index >= 15 is 0 Å². The monoisotopic (exact) mass is 233 g/mol. The number of hydrogen-bond donors (Lipinski definition) is 0. The van der Waals surface area contributed by atoms with Gasteiger partial charge in [-0.05, 0) is 26.0 Å². The molecule has 4 nitrogen and oxygen atoms in total. The summed E-state index contributed by atoms with van der Waals surface area (Å²) in [6, 6.07) is 6.28. The van der Waals surface area contributed by atoms with E-state index in [0.29, 0.717) is 17.5 Å². The van der Waals surface area contributed by atoms with Crippen LogP contribution in [-0.4, -0.2) is 21.3 Å². The fourth-order valence-electron chi connectivity index (χ4n) is 1.66. The van der Waals surface area contributed by atoms with Gasteiger partial charge in [-0.1, -0.05) is 17.3 Å². The third-order valence-electron chi connectivity index (χ3n) is 2.45. The SMILES string of the molecule is CC(C)n1nnc(C=O)c1-c1ccccc1F. The Balaban J connectivity index is 2.69. The van der Waals surface area contributed by atoms with E-state index < -0.39 is 0 Å². The topological polar surface area (TPSA) is 47.8 Å². The molecular weight excluding hydrogens is 221 g/mol. The maximum atomic E-state index is 13.7. The zero-order chi connectivity index (χ0) is 12.4. The molecule has 0 fully saturated rings. The van der Waals surface area contributed by atoms with Crippen LogP contribution >= 0.6 is 0 Å². The lowest BCUT2D eigenvalue weighted by atomic mass is 10.1. The van der Waals surface area contributed by atoms with E-state index in [1.165, 1.54) is 6.07 Å². The predicted molar refractivity (Wildman–Crippen MR) is 61.2 cm³/mol. The molecule has 1 heterocycles. The Morgan fingerprint density at radius 2 is 2.06 bits per heavy atom. The Morgan fingerprint density at radius 1 is 1.35 bits per heavy atom. The van der Waals surface area contributed by atoms with E-state index in [9.17, 15) is 9.18 Å². The average Bonchev–Trinajstić information content (AvgIpc) is 2.73. The van der Waals surface area contributed by atoms with Crippen LogP contribution in [0.4, 0.5) is 4.39 Å². The van der Waals surface area contributed by atoms with Crippen molar-refractivity contribution in [1.82, 2.24) is 15.0 Å². The van der Waals surface area contributed by atoms with Crippen LogP contribution in [0.15, 0.2) is 24.3 Å². The number of aldehydes is 1. The van der Waals surface area contributed by atoms with Crippen LogP contribution in [0.3, 0.4) is 0 Å². The van der Waals surface area contributed by atoms with E-state index in [1.54, 1.807) is 22.9 Å². The number of hydrogen-bond acceptors (Lipinski definition) is 3. The Hall–Kier alpha value is -2.04. The Morgan fingerprint density at radius 3 is 2.65 bits per heavy atom. The van der Waals surface area contributed by atoms with Gasteiger partial charge in [-0.3, -0.25) is 4.79 Å². The maximum absolute atomic E-state index is 13.7. The summed E-state index contributed by atoms with van der Waals surface area (Å²) < 4.78 is 15.3. The fourth-order valence-corrected chi connectivity index (χ4v) is 1.66. The van der Waals surface area contributed by atoms with Gasteiger partial charge >= 0.3 is 0 Å². The highest BCUT2D eigenvalue weighted by Crippen LogP contribution is 2.26. The number of carbonyl (C=O) groups excluding carboxylic acids is 1. The molecule has 2 rings (SSSR count). The van der Waals surface area contributed by atoms with Crippen molar-refractivity contribution in [3.8, 4) is 11.3 Å². The maximum Gasteiger partial charge on any atom is 0.172 e. The molecule has 88 valence electrons. The van der Waals surface area contributed by atoms with Gasteiger partial charge in [-0.2, -0.15) is 0 Å². The normalized spacial score (nSPS) is 10.8. The first-order valence-corrected chi connectivity index (χ1v) is 5.30. The summed E-state index contributed by atoms with van der Waals surface area (Å²) in [4.78, 5) is 10.9. The highest BCUT2D eigenvalue weighted by molar-refractivity contribution is 5.83. The van der Waals surface area contributed by atoms with E-state index in [2.05, 4.69) is 10.3 Å². The van der Waals surface area contributed by atoms with Gasteiger partial charge in [-0.15, -0.1) is 5.10 Å². The molecule has 0 spiro atoms. The van der Waals surface area contributed by atoms with Gasteiger partial charge in [0.15, 0.2) is 12.0 Å². The largest absolute Gasteiger partial charge is 0.296 e. The molecule has 0 aliphatic rings. The van der Waals surface area contributed by atoms with E-state index in [0.717, 1.165) is 0 Å². The summed E-state index contributed by atoms with van der Waals surface area (Å²) in [5, 5.41) is 7.62. The Kier molecular flexibility index (Phi) is 2.99. The molecule has 5 heteroatoms. The van der Waals surface area contributed by atoms with Crippen LogP contribution in [-0.2, 0) is 0 Å². The van der Waals surface area contributed by atoms with Gasteiger partial charge < -0.3 is 0 Å². The minimum Gasteiger partial charge on any atom is -0.296 e. The molecular formula is C12H12FN3O. The number of rotatable bonds is 3. The summed E-state index contributed by atoms with van der Waals surface area (Å²) in [7, 11) is 0. The molecule has 0 unspecified atom stereocenters. The molecule has 0 aliphatic heterocycles. The van der Waals surface area contributed by atoms with Crippen molar-refractivity contribution in [1.29, 1.82) is 0 Å². The molecule has 0 atom stereocenters. The quantitative estimate of drug-likeness (QED) is 0.765. The highest BCUT2D eigenvalue weighted by atomic mass is 19.1. The summed E-state index contributed by atoms with van der Waals surface area (Å²) in [6.45, 7) is 3.79. The number of carbonyl (C=O) groups is 1. The number of halogens is 1. The van der Waals surface area contributed by atoms with Crippen molar-refractivity contribution in [2.75, 3.05) is 0 Å². The second-order valence-corrected chi connectivity index (χ2v) is 3.96. The van der Waals surface area contributed by atoms with Crippen LogP contribution in [0, 0.1) is 5.82 Å². The summed E-state index contributed by atoms with van der Waals surface area (Å²) in [6.07, 6.45) is 0.591. The Bertz CT molecular complexity index is 548. The zero-order valence-corrected chi connectivity index (χ0v) is 9.59. The smallest absolute Gasteiger partial charge is 0.172 e. The van der Waals surface area contributed by atoms with Crippen LogP contribution in [0.25, 0.3) is 11.3 Å². The molecule has 0 saturated heterocycles. The van der Waals surface area contributed by atoms with Crippen LogP contribution < -0.4 is 0 Å². The van der Waals surface area contributed by atoms with E-state index in [4.69, 9.17) is 0 Å². The number of nitrogens with zero attached hydrogens (tertiary/aromatic N) is 3. The van der Waals surface area contributed by atoms with Crippen LogP contribution in [0.5, 0.6) is 0 Å². The molecule has 1 aromatic carbocycles. The predicted octanol–water partition coefficient (Wildman–Crippen LogP) is 2.48. The third kappa shape index (κ3) is 1.95. The molecule has 0 amide bonds. The fraction of sp³-hybridized carbons (Fsp3) is 0.250. The van der Waals surface area contributed by atoms with E-state index in [1.807, 2.05) is 13.8 Å². The highest BCUT2D eigenvalue weighted by Gasteiger charge is 2.18. The average molecular weight is 233 g/mol. The number of benzene rings is 1. The molecule has 0 N–H and O–H groups in total. The second kappa shape index (κ2) is 4.45. The van der Waals surface area contributed by atoms with Crippen molar-refractivity contribution in [3.05, 3.63) is 35.8 Å². The third-order valence-corrected chi connectivity index (χ3v) is 2.45. The zero-order valence-electron chi connectivity index (χ0n) is 9.59. The first-order chi connectivity index (χ1) is 8.15. The first kappa shape index (κ1) is 11.4. The Labute approximate surface area is 98.1 Å². The molecule has 0 radical (unpaired) electrons. The van der Waals surface area contributed by atoms with E-state index in [-0.39, 0.29) is 17.6 Å². The van der Waals surface area contributed by atoms with Gasteiger partial charge in [0, 0.05) is 11.6 Å². The standard InChI is InChI=1S/C12H12FN3O/c1-8(2)16-12(11(7-17)14-15-16)9-5-3-4-6-10(9)13/h3-8H,1-2H3. The van der Waals surface area contributed by atoms with Crippen molar-refractivity contribution in [2.24, 2.45) is 0 Å². The van der Waals surface area contributed by atoms with Crippen LogP contribution in [0.2, 0.25) is 0 Å². The summed E-state index contributed by atoms with van der Waals surface area (Å²) in [5.74, 6) is -0.389. The summed E-state index contributed by atoms with van der Waals surface area (Å²) in [5.41, 5.74) is 0.921. The molecule has 1 aromatic heterocycles. The van der Waals surface area contributed by atoms with Gasteiger partial charge in [0.25, 0.3) is 0 Å². The lowest BCUT2D eigenvalue weighted by molar-refractivity contribution is 0.111. The van der Waals surface area contributed by atoms with Gasteiger partial charge in [0.1, 0.15) is 11.5 Å². The van der Waals surface area contributed by atoms with Gasteiger partial charge in [0.05, 0.1) is 0 Å². The molecule has 0 bridgehead atoms. The van der Waals surface area contributed by atoms with Gasteiger partial charge in [0.2, 0.25) is 0 Å². The summed E-state index contributed by atoms with van der Waals surface area (Å²) >= 11 is 0. The molecule has 17 heavy (non-hydrogen) atoms.